The van der Waals surface area contributed by atoms with Crippen LogP contribution in [0.25, 0.3) is 99.3 Å². The third kappa shape index (κ3) is 5.40. The fourth-order valence-electron chi connectivity index (χ4n) is 8.69. The van der Waals surface area contributed by atoms with Gasteiger partial charge in [0.15, 0.2) is 17.0 Å². The third-order valence-corrected chi connectivity index (χ3v) is 11.5. The molecular weight excluding hydrogens is 723 g/mol. The summed E-state index contributed by atoms with van der Waals surface area (Å²) in [5.74, 6) is 0.598. The molecule has 0 fully saturated rings. The number of nitrogens with zero attached hydrogens (tertiary/aromatic N) is 3. The van der Waals surface area contributed by atoms with Gasteiger partial charge in [0.25, 0.3) is 0 Å². The molecule has 12 aromatic rings. The molecule has 5 heteroatoms. The van der Waals surface area contributed by atoms with Crippen LogP contribution in [0.1, 0.15) is 0 Å². The van der Waals surface area contributed by atoms with Gasteiger partial charge in [0.05, 0.1) is 5.69 Å². The number of furan rings is 2. The standard InChI is InChI=1S/C54H33N3O2/c1-3-15-36(16-4-1)50-53-51(43-23-11-12-25-47(43)58-53)56-54(55-50)44-30-31-46(52-49(44)45-32-37-17-7-8-18-38(37)33-48(45)59-52)57(39-20-5-2-6-21-39)40-28-26-35(27-29-40)42-24-13-19-34-14-9-10-22-41(34)42/h1-33H. The Morgan fingerprint density at radius 3 is 1.85 bits per heavy atom. The van der Waals surface area contributed by atoms with Gasteiger partial charge in [-0.25, -0.2) is 9.97 Å². The van der Waals surface area contributed by atoms with Crippen LogP contribution in [0.2, 0.25) is 0 Å². The van der Waals surface area contributed by atoms with Crippen LogP contribution in [0.3, 0.4) is 0 Å². The molecule has 0 amide bonds. The van der Waals surface area contributed by atoms with Gasteiger partial charge in [-0.15, -0.1) is 0 Å². The van der Waals surface area contributed by atoms with Crippen LogP contribution in [0.4, 0.5) is 17.1 Å². The number of para-hydroxylation sites is 2. The first kappa shape index (κ1) is 33.2. The van der Waals surface area contributed by atoms with E-state index in [9.17, 15) is 0 Å². The third-order valence-electron chi connectivity index (χ3n) is 11.5. The van der Waals surface area contributed by atoms with Crippen LogP contribution in [0, 0.1) is 0 Å². The zero-order valence-corrected chi connectivity index (χ0v) is 31.7. The second-order valence-electron chi connectivity index (χ2n) is 14.9. The molecular formula is C54H33N3O2. The van der Waals surface area contributed by atoms with Crippen molar-refractivity contribution >= 4 is 82.6 Å². The Bertz CT molecular complexity index is 3550. The first-order valence-corrected chi connectivity index (χ1v) is 19.8. The molecule has 0 aliphatic carbocycles. The normalized spacial score (nSPS) is 11.7. The minimum Gasteiger partial charge on any atom is -0.454 e. The van der Waals surface area contributed by atoms with Gasteiger partial charge >= 0.3 is 0 Å². The number of fused-ring (bicyclic) bond motifs is 8. The lowest BCUT2D eigenvalue weighted by molar-refractivity contribution is 0.667. The van der Waals surface area contributed by atoms with Crippen LogP contribution in [-0.2, 0) is 0 Å². The Balaban J connectivity index is 1.12. The van der Waals surface area contributed by atoms with Crippen molar-refractivity contribution in [1.82, 2.24) is 9.97 Å². The molecule has 5 nitrogen and oxygen atoms in total. The highest BCUT2D eigenvalue weighted by Crippen LogP contribution is 2.47. The first-order valence-electron chi connectivity index (χ1n) is 19.8. The summed E-state index contributed by atoms with van der Waals surface area (Å²) in [6.07, 6.45) is 0. The molecule has 0 spiro atoms. The molecule has 0 N–H and O–H groups in total. The van der Waals surface area contributed by atoms with E-state index in [2.05, 4.69) is 163 Å². The van der Waals surface area contributed by atoms with Gasteiger partial charge in [0.1, 0.15) is 22.4 Å². The van der Waals surface area contributed by atoms with Crippen molar-refractivity contribution in [2.75, 3.05) is 4.90 Å². The zero-order valence-electron chi connectivity index (χ0n) is 31.7. The SMILES string of the molecule is c1ccc(-c2nc(-c3ccc(N(c4ccccc4)c4ccc(-c5cccc6ccccc56)cc4)c4oc5cc6ccccc6cc5c34)nc3c2oc2ccccc23)cc1. The Morgan fingerprint density at radius 1 is 0.390 bits per heavy atom. The molecule has 12 rings (SSSR count). The lowest BCUT2D eigenvalue weighted by atomic mass is 9.98. The van der Waals surface area contributed by atoms with E-state index in [1.54, 1.807) is 0 Å². The summed E-state index contributed by atoms with van der Waals surface area (Å²) in [6.45, 7) is 0. The van der Waals surface area contributed by atoms with Gasteiger partial charge in [0.2, 0.25) is 0 Å². The lowest BCUT2D eigenvalue weighted by Crippen LogP contribution is -2.10. The highest BCUT2D eigenvalue weighted by Gasteiger charge is 2.25. The maximum atomic E-state index is 7.06. The van der Waals surface area contributed by atoms with Gasteiger partial charge in [-0.3, -0.25) is 0 Å². The summed E-state index contributed by atoms with van der Waals surface area (Å²) >= 11 is 0. The minimum atomic E-state index is 0.598. The molecule has 276 valence electrons. The minimum absolute atomic E-state index is 0.598. The highest BCUT2D eigenvalue weighted by atomic mass is 16.3. The molecule has 0 atom stereocenters. The molecule has 0 radical (unpaired) electrons. The summed E-state index contributed by atoms with van der Waals surface area (Å²) in [5, 5.41) is 7.58. The second kappa shape index (κ2) is 13.3. The monoisotopic (exact) mass is 755 g/mol. The van der Waals surface area contributed by atoms with Crippen LogP contribution < -0.4 is 4.90 Å². The summed E-state index contributed by atoms with van der Waals surface area (Å²) in [4.78, 5) is 12.9. The maximum Gasteiger partial charge on any atom is 0.180 e. The van der Waals surface area contributed by atoms with Crippen LogP contribution in [0.15, 0.2) is 209 Å². The number of hydrogen-bond acceptors (Lipinski definition) is 5. The van der Waals surface area contributed by atoms with Gasteiger partial charge in [-0.05, 0) is 93.3 Å². The van der Waals surface area contributed by atoms with Crippen molar-refractivity contribution in [2.24, 2.45) is 0 Å². The van der Waals surface area contributed by atoms with Gasteiger partial charge in [0, 0.05) is 38.7 Å². The summed E-state index contributed by atoms with van der Waals surface area (Å²) in [5.41, 5.74) is 11.6. The largest absolute Gasteiger partial charge is 0.454 e. The van der Waals surface area contributed by atoms with Crippen molar-refractivity contribution < 1.29 is 8.83 Å². The van der Waals surface area contributed by atoms with E-state index in [1.165, 1.54) is 16.3 Å². The van der Waals surface area contributed by atoms with Crippen molar-refractivity contribution in [3.63, 3.8) is 0 Å². The smallest absolute Gasteiger partial charge is 0.180 e. The Kier molecular flexibility index (Phi) is 7.47. The van der Waals surface area contributed by atoms with E-state index >= 15 is 0 Å². The zero-order chi connectivity index (χ0) is 38.9. The number of anilines is 3. The van der Waals surface area contributed by atoms with E-state index < -0.39 is 0 Å². The van der Waals surface area contributed by atoms with Crippen LogP contribution in [0.5, 0.6) is 0 Å². The van der Waals surface area contributed by atoms with Crippen molar-refractivity contribution in [2.45, 2.75) is 0 Å². The summed E-state index contributed by atoms with van der Waals surface area (Å²) < 4.78 is 13.5. The molecule has 3 heterocycles. The Labute approximate surface area is 339 Å². The average molecular weight is 756 g/mol. The van der Waals surface area contributed by atoms with E-state index in [4.69, 9.17) is 18.8 Å². The molecule has 0 unspecified atom stereocenters. The van der Waals surface area contributed by atoms with Gasteiger partial charge < -0.3 is 13.7 Å². The quantitative estimate of drug-likeness (QED) is 0.169. The molecule has 0 saturated heterocycles. The lowest BCUT2D eigenvalue weighted by Gasteiger charge is -2.26. The molecule has 59 heavy (non-hydrogen) atoms. The number of hydrogen-bond donors (Lipinski definition) is 0. The first-order chi connectivity index (χ1) is 29.2. The molecule has 0 aliphatic heterocycles. The maximum absolute atomic E-state index is 7.06. The number of benzene rings is 9. The van der Waals surface area contributed by atoms with E-state index in [0.717, 1.165) is 88.6 Å². The Morgan fingerprint density at radius 2 is 1.03 bits per heavy atom. The summed E-state index contributed by atoms with van der Waals surface area (Å²) in [6, 6.07) is 69.7. The molecule has 0 bridgehead atoms. The van der Waals surface area contributed by atoms with Crippen molar-refractivity contribution in [1.29, 1.82) is 0 Å². The van der Waals surface area contributed by atoms with Crippen molar-refractivity contribution in [3.8, 4) is 33.8 Å². The molecule has 9 aromatic carbocycles. The van der Waals surface area contributed by atoms with Crippen molar-refractivity contribution in [3.05, 3.63) is 200 Å². The van der Waals surface area contributed by atoms with E-state index in [-0.39, 0.29) is 0 Å². The Hall–Kier alpha value is -8.02. The van der Waals surface area contributed by atoms with Crippen LogP contribution >= 0.6 is 0 Å². The molecule has 0 saturated carbocycles. The topological polar surface area (TPSA) is 55.3 Å². The van der Waals surface area contributed by atoms with E-state index in [0.29, 0.717) is 11.4 Å². The van der Waals surface area contributed by atoms with Gasteiger partial charge in [-0.1, -0.05) is 140 Å². The second-order valence-corrected chi connectivity index (χ2v) is 14.9. The van der Waals surface area contributed by atoms with Crippen LogP contribution in [-0.4, -0.2) is 9.97 Å². The number of aromatic nitrogens is 2. The predicted octanol–water partition coefficient (Wildman–Crippen LogP) is 15.1. The summed E-state index contributed by atoms with van der Waals surface area (Å²) in [7, 11) is 0. The van der Waals surface area contributed by atoms with Gasteiger partial charge in [-0.2, -0.15) is 0 Å². The highest BCUT2D eigenvalue weighted by molar-refractivity contribution is 6.19. The van der Waals surface area contributed by atoms with E-state index in [1.807, 2.05) is 42.5 Å². The predicted molar refractivity (Wildman–Crippen MR) is 243 cm³/mol. The number of rotatable bonds is 6. The molecule has 3 aromatic heterocycles. The fourth-order valence-corrected chi connectivity index (χ4v) is 8.69. The average Bonchev–Trinajstić information content (AvgIpc) is 3.87. The fraction of sp³-hybridized carbons (Fsp3) is 0. The molecule has 0 aliphatic rings.